The summed E-state index contributed by atoms with van der Waals surface area (Å²) in [6.07, 6.45) is 14.0. The van der Waals surface area contributed by atoms with Gasteiger partial charge in [-0.15, -0.1) is 0 Å². The smallest absolute Gasteiger partial charge is 0.171 e. The highest BCUT2D eigenvalue weighted by Gasteiger charge is 2.53. The van der Waals surface area contributed by atoms with E-state index in [4.69, 9.17) is 8.83 Å². The molecule has 13 aromatic carbocycles. The molecule has 9 heteroatoms. The van der Waals surface area contributed by atoms with E-state index in [0.29, 0.717) is 11.2 Å². The van der Waals surface area contributed by atoms with Gasteiger partial charge in [-0.2, -0.15) is 0 Å². The van der Waals surface area contributed by atoms with Crippen LogP contribution in [0.15, 0.2) is 267 Å². The van der Waals surface area contributed by atoms with Crippen molar-refractivity contribution in [2.75, 3.05) is 47.3 Å². The summed E-state index contributed by atoms with van der Waals surface area (Å²) < 4.78 is 48.3. The van der Waals surface area contributed by atoms with E-state index in [1.54, 1.807) is 12.1 Å². The average molecular weight is 1210 g/mol. The Morgan fingerprint density at radius 1 is 0.333 bits per heavy atom. The van der Waals surface area contributed by atoms with Crippen molar-refractivity contribution < 1.29 is 17.6 Å². The molecule has 3 aromatic heterocycles. The number of furan rings is 2. The molecule has 0 radical (unpaired) electrons. The minimum Gasteiger partial charge on any atom is -0.451 e. The number of aromatic nitrogens is 1. The summed E-state index contributed by atoms with van der Waals surface area (Å²) in [4.78, 5) is 7.30. The van der Waals surface area contributed by atoms with Crippen LogP contribution in [0.25, 0.3) is 104 Å². The predicted molar refractivity (Wildman–Crippen MR) is 378 cm³/mol. The van der Waals surface area contributed by atoms with Crippen molar-refractivity contribution in [3.05, 3.63) is 283 Å². The first-order valence-corrected chi connectivity index (χ1v) is 36.1. The number of halogens is 2. The van der Waals surface area contributed by atoms with Gasteiger partial charge in [0, 0.05) is 54.5 Å². The standard InChI is InChI=1S/C81H59F2N3O2S2/c1-89(2,3)50-42-38-48(39-43-50)84(70-36-18-28-60-58-26-16-32-66(82)77(58)87-79(60)70)72-46-64-74(55-23-9-7-20-52(55)72)75-56-24-10-8-21-53(56)73(47-65(75)81(64)62-30-12-14-35-69(62)86-68-34-13-11-22-54(68)57-25-15-31-63(81)76(57)86)85(49-40-44-51(45-41-49)90(4,5)6)71-37-19-29-61-59-27-17-33-67(83)78(59)88-80(61)71/h7-47H,1-6H3. The second-order valence-corrected chi connectivity index (χ2v) is 33.9. The van der Waals surface area contributed by atoms with E-state index < -0.39 is 37.1 Å². The molecular weight excluding hydrogens is 1150 g/mol. The molecule has 16 aromatic rings. The number of rotatable bonds is 8. The number of hydrogen-bond donors (Lipinski definition) is 0. The molecule has 90 heavy (non-hydrogen) atoms. The lowest BCUT2D eigenvalue weighted by Crippen LogP contribution is -2.34. The summed E-state index contributed by atoms with van der Waals surface area (Å²) in [6, 6.07) is 88.5. The lowest BCUT2D eigenvalue weighted by molar-refractivity contribution is 0.584. The first kappa shape index (κ1) is 53.0. The van der Waals surface area contributed by atoms with Crippen LogP contribution in [0, 0.1) is 11.6 Å². The van der Waals surface area contributed by atoms with Gasteiger partial charge in [0.1, 0.15) is 0 Å². The topological polar surface area (TPSA) is 37.7 Å². The summed E-state index contributed by atoms with van der Waals surface area (Å²) in [6.45, 7) is 0. The highest BCUT2D eigenvalue weighted by Crippen LogP contribution is 2.66. The largest absolute Gasteiger partial charge is 0.451 e. The fraction of sp³-hybridized carbons (Fsp3) is 0.0864. The minimum absolute atomic E-state index is 0.230. The zero-order valence-corrected chi connectivity index (χ0v) is 52.0. The van der Waals surface area contributed by atoms with Gasteiger partial charge < -0.3 is 23.2 Å². The lowest BCUT2D eigenvalue weighted by atomic mass is 9.65. The maximum Gasteiger partial charge on any atom is 0.171 e. The molecule has 2 aliphatic rings. The third kappa shape index (κ3) is 7.27. The van der Waals surface area contributed by atoms with Crippen molar-refractivity contribution in [1.82, 2.24) is 4.57 Å². The molecule has 436 valence electrons. The SMILES string of the molecule is CS(C)(C)c1ccc(N(c2cc3c(c4ccccc24)-c2c(cc(N(c4ccc(S(C)(C)C)cc4)c4cccc5c4oc4c(F)cccc45)c4ccccc24)C32c3ccccc3-n3c4ccccc4c4cccc2c43)c2cccc3c2oc2c(F)cccc23)cc1. The maximum atomic E-state index is 16.1. The van der Waals surface area contributed by atoms with Crippen LogP contribution in [0.3, 0.4) is 0 Å². The number of hydrogen-bond acceptors (Lipinski definition) is 4. The molecule has 0 saturated carbocycles. The van der Waals surface area contributed by atoms with E-state index in [1.807, 2.05) is 24.3 Å². The maximum absolute atomic E-state index is 16.1. The molecule has 0 bridgehead atoms. The second kappa shape index (κ2) is 19.0. The van der Waals surface area contributed by atoms with Gasteiger partial charge in [0.2, 0.25) is 0 Å². The summed E-state index contributed by atoms with van der Waals surface area (Å²) in [5.41, 5.74) is 16.3. The molecule has 0 amide bonds. The Hall–Kier alpha value is -10.1. The predicted octanol–water partition coefficient (Wildman–Crippen LogP) is 22.9. The lowest BCUT2D eigenvalue weighted by Gasteiger charge is -2.40. The number of benzene rings is 13. The fourth-order valence-corrected chi connectivity index (χ4v) is 17.3. The van der Waals surface area contributed by atoms with Crippen molar-refractivity contribution in [2.24, 2.45) is 0 Å². The second-order valence-electron chi connectivity index (χ2n) is 25.6. The molecule has 0 fully saturated rings. The van der Waals surface area contributed by atoms with E-state index in [2.05, 4.69) is 252 Å². The number of fused-ring (bicyclic) bond motifs is 22. The Morgan fingerprint density at radius 3 is 1.22 bits per heavy atom. The normalized spacial score (nSPS) is 13.8. The third-order valence-corrected chi connectivity index (χ3v) is 22.6. The Kier molecular flexibility index (Phi) is 11.2. The van der Waals surface area contributed by atoms with Crippen LogP contribution in [0.1, 0.15) is 22.3 Å². The van der Waals surface area contributed by atoms with Crippen LogP contribution in [0.4, 0.5) is 42.9 Å². The van der Waals surface area contributed by atoms with Gasteiger partial charge in [-0.25, -0.2) is 28.8 Å². The summed E-state index contributed by atoms with van der Waals surface area (Å²) in [5, 5.41) is 9.73. The van der Waals surface area contributed by atoms with Crippen molar-refractivity contribution in [1.29, 1.82) is 0 Å². The number of anilines is 6. The van der Waals surface area contributed by atoms with E-state index in [9.17, 15) is 0 Å². The third-order valence-electron chi connectivity index (χ3n) is 19.2. The molecule has 0 N–H and O–H groups in total. The molecule has 0 saturated heterocycles. The minimum atomic E-state index is -1.10. The van der Waals surface area contributed by atoms with Crippen molar-refractivity contribution in [3.63, 3.8) is 0 Å². The molecule has 5 nitrogen and oxygen atoms in total. The first-order valence-electron chi connectivity index (χ1n) is 30.4. The van der Waals surface area contributed by atoms with E-state index in [-0.39, 0.29) is 11.2 Å². The van der Waals surface area contributed by atoms with Crippen LogP contribution in [0.5, 0.6) is 0 Å². The highest BCUT2D eigenvalue weighted by molar-refractivity contribution is 8.32. The fourth-order valence-electron chi connectivity index (χ4n) is 15.4. The summed E-state index contributed by atoms with van der Waals surface area (Å²) in [7, 11) is -2.20. The van der Waals surface area contributed by atoms with E-state index in [1.165, 1.54) is 32.7 Å². The Labute approximate surface area is 522 Å². The molecule has 1 aliphatic heterocycles. The molecule has 1 aliphatic carbocycles. The highest BCUT2D eigenvalue weighted by atomic mass is 32.3. The average Bonchev–Trinajstić information content (AvgIpc) is 1.48. The molecule has 18 rings (SSSR count). The number of nitrogens with zero attached hydrogens (tertiary/aromatic N) is 3. The molecule has 0 atom stereocenters. The van der Waals surface area contributed by atoms with Gasteiger partial charge in [-0.3, -0.25) is 0 Å². The van der Waals surface area contributed by atoms with E-state index in [0.717, 1.165) is 127 Å². The first-order chi connectivity index (χ1) is 43.8. The Bertz CT molecular complexity index is 5480. The summed E-state index contributed by atoms with van der Waals surface area (Å²) in [5.74, 6) is -0.805. The van der Waals surface area contributed by atoms with Crippen LogP contribution in [-0.2, 0) is 5.41 Å². The van der Waals surface area contributed by atoms with Gasteiger partial charge in [-0.1, -0.05) is 152 Å². The monoisotopic (exact) mass is 1210 g/mol. The van der Waals surface area contributed by atoms with Gasteiger partial charge >= 0.3 is 0 Å². The van der Waals surface area contributed by atoms with Crippen molar-refractivity contribution in [2.45, 2.75) is 15.2 Å². The quantitative estimate of drug-likeness (QED) is 0.152. The summed E-state index contributed by atoms with van der Waals surface area (Å²) >= 11 is 0. The zero-order chi connectivity index (χ0) is 60.7. The number of para-hydroxylation sites is 7. The van der Waals surface area contributed by atoms with E-state index >= 15 is 8.78 Å². The van der Waals surface area contributed by atoms with Gasteiger partial charge in [0.05, 0.1) is 44.9 Å². The Balaban J connectivity index is 1.02. The van der Waals surface area contributed by atoms with Crippen LogP contribution >= 0.6 is 20.1 Å². The van der Waals surface area contributed by atoms with Crippen LogP contribution in [-0.4, -0.2) is 42.1 Å². The van der Waals surface area contributed by atoms with Gasteiger partial charge in [0.25, 0.3) is 0 Å². The van der Waals surface area contributed by atoms with Crippen LogP contribution in [0.2, 0.25) is 0 Å². The molecule has 1 spiro atoms. The van der Waals surface area contributed by atoms with Crippen molar-refractivity contribution >= 4 is 141 Å². The molecular formula is C81H59F2N3O2S2. The van der Waals surface area contributed by atoms with Gasteiger partial charge in [-0.05, 0) is 189 Å². The van der Waals surface area contributed by atoms with Crippen LogP contribution < -0.4 is 9.80 Å². The van der Waals surface area contributed by atoms with Gasteiger partial charge in [0.15, 0.2) is 34.0 Å². The van der Waals surface area contributed by atoms with Crippen molar-refractivity contribution in [3.8, 4) is 16.8 Å². The molecule has 0 unspecified atom stereocenters. The Morgan fingerprint density at radius 2 is 0.722 bits per heavy atom. The zero-order valence-electron chi connectivity index (χ0n) is 50.4. The molecule has 4 heterocycles.